The normalized spacial score (nSPS) is 11.8. The van der Waals surface area contributed by atoms with Crippen LogP contribution in [0, 0.1) is 11.3 Å². The maximum Gasteiger partial charge on any atom is 0.0991 e. The first-order valence-corrected chi connectivity index (χ1v) is 7.62. The van der Waals surface area contributed by atoms with Crippen molar-refractivity contribution in [3.8, 4) is 6.07 Å². The molecule has 2 aromatic carbocycles. The fourth-order valence-electron chi connectivity index (χ4n) is 1.73. The van der Waals surface area contributed by atoms with E-state index in [9.17, 15) is 4.21 Å². The molecule has 1 unspecified atom stereocenters. The third kappa shape index (κ3) is 4.20. The fourth-order valence-corrected chi connectivity index (χ4v) is 3.08. The van der Waals surface area contributed by atoms with E-state index in [2.05, 4.69) is 6.07 Å². The highest BCUT2D eigenvalue weighted by atomic mass is 35.5. The highest BCUT2D eigenvalue weighted by Gasteiger charge is 2.04. The minimum atomic E-state index is -0.991. The van der Waals surface area contributed by atoms with Crippen molar-refractivity contribution in [1.82, 2.24) is 0 Å². The second kappa shape index (κ2) is 6.51. The minimum absolute atomic E-state index is 0.456. The molecule has 0 bridgehead atoms. The lowest BCUT2D eigenvalue weighted by Crippen LogP contribution is -1.99. The van der Waals surface area contributed by atoms with Crippen LogP contribution in [-0.2, 0) is 22.3 Å². The van der Waals surface area contributed by atoms with E-state index < -0.39 is 10.8 Å². The number of nitriles is 1. The van der Waals surface area contributed by atoms with Crippen molar-refractivity contribution < 1.29 is 4.21 Å². The molecule has 0 radical (unpaired) electrons. The van der Waals surface area contributed by atoms with Gasteiger partial charge in [0.05, 0.1) is 11.6 Å². The van der Waals surface area contributed by atoms with Crippen LogP contribution in [0.1, 0.15) is 16.7 Å². The fraction of sp³-hybridized carbons (Fsp3) is 0.133. The Morgan fingerprint density at radius 3 is 2.42 bits per heavy atom. The number of halogens is 1. The molecule has 19 heavy (non-hydrogen) atoms. The van der Waals surface area contributed by atoms with E-state index in [1.54, 1.807) is 24.3 Å². The lowest BCUT2D eigenvalue weighted by atomic mass is 10.2. The molecule has 0 aromatic heterocycles. The first-order valence-electron chi connectivity index (χ1n) is 5.76. The molecular formula is C15H12ClNOS. The number of benzene rings is 2. The molecule has 0 fully saturated rings. The van der Waals surface area contributed by atoms with Gasteiger partial charge in [-0.05, 0) is 35.4 Å². The lowest BCUT2D eigenvalue weighted by Gasteiger charge is -2.03. The van der Waals surface area contributed by atoms with Gasteiger partial charge in [-0.25, -0.2) is 0 Å². The highest BCUT2D eigenvalue weighted by molar-refractivity contribution is 7.83. The van der Waals surface area contributed by atoms with Gasteiger partial charge in [-0.2, -0.15) is 5.26 Å². The molecule has 0 saturated heterocycles. The zero-order chi connectivity index (χ0) is 13.7. The third-order valence-electron chi connectivity index (χ3n) is 2.62. The first-order chi connectivity index (χ1) is 9.17. The van der Waals surface area contributed by atoms with Crippen molar-refractivity contribution in [3.05, 3.63) is 70.2 Å². The molecule has 2 aromatic rings. The Balaban J connectivity index is 2.01. The lowest BCUT2D eigenvalue weighted by molar-refractivity contribution is 0.682. The van der Waals surface area contributed by atoms with Crippen molar-refractivity contribution in [2.45, 2.75) is 11.5 Å². The van der Waals surface area contributed by atoms with E-state index >= 15 is 0 Å². The summed E-state index contributed by atoms with van der Waals surface area (Å²) in [6, 6.07) is 16.7. The van der Waals surface area contributed by atoms with Gasteiger partial charge >= 0.3 is 0 Å². The van der Waals surface area contributed by atoms with Crippen molar-refractivity contribution in [2.24, 2.45) is 0 Å². The van der Waals surface area contributed by atoms with Gasteiger partial charge in [-0.1, -0.05) is 35.9 Å². The van der Waals surface area contributed by atoms with Crippen LogP contribution in [0.5, 0.6) is 0 Å². The Kier molecular flexibility index (Phi) is 4.73. The van der Waals surface area contributed by atoms with E-state index in [0.29, 0.717) is 22.1 Å². The molecule has 0 amide bonds. The van der Waals surface area contributed by atoms with Gasteiger partial charge in [0, 0.05) is 27.3 Å². The minimum Gasteiger partial charge on any atom is -0.259 e. The molecule has 0 aliphatic rings. The summed E-state index contributed by atoms with van der Waals surface area (Å²) in [6.45, 7) is 0. The summed E-state index contributed by atoms with van der Waals surface area (Å²) in [4.78, 5) is 0. The second-order valence-corrected chi connectivity index (χ2v) is 6.06. The first kappa shape index (κ1) is 13.8. The van der Waals surface area contributed by atoms with Gasteiger partial charge in [0.1, 0.15) is 0 Å². The van der Waals surface area contributed by atoms with Crippen molar-refractivity contribution in [3.63, 3.8) is 0 Å². The largest absolute Gasteiger partial charge is 0.259 e. The standard InChI is InChI=1S/C15H12ClNOS/c16-15-6-4-12(5-7-15)10-19(18)11-14-3-1-2-13(8-14)9-17/h1-8H,10-11H2. The zero-order valence-corrected chi connectivity index (χ0v) is 11.7. The molecule has 0 saturated carbocycles. The summed E-state index contributed by atoms with van der Waals surface area (Å²) in [7, 11) is -0.991. The SMILES string of the molecule is N#Cc1cccc(CS(=O)Cc2ccc(Cl)cc2)c1. The van der Waals surface area contributed by atoms with Crippen LogP contribution < -0.4 is 0 Å². The Hall–Kier alpha value is -1.63. The van der Waals surface area contributed by atoms with Crippen LogP contribution in [-0.4, -0.2) is 4.21 Å². The Morgan fingerprint density at radius 2 is 1.74 bits per heavy atom. The quantitative estimate of drug-likeness (QED) is 0.862. The highest BCUT2D eigenvalue weighted by Crippen LogP contribution is 2.13. The molecule has 0 spiro atoms. The number of nitrogens with zero attached hydrogens (tertiary/aromatic N) is 1. The predicted octanol–water partition coefficient (Wildman–Crippen LogP) is 3.66. The topological polar surface area (TPSA) is 40.9 Å². The van der Waals surface area contributed by atoms with Crippen LogP contribution in [0.2, 0.25) is 5.02 Å². The van der Waals surface area contributed by atoms with E-state index in [-0.39, 0.29) is 0 Å². The summed E-state index contributed by atoms with van der Waals surface area (Å²) in [6.07, 6.45) is 0. The summed E-state index contributed by atoms with van der Waals surface area (Å²) in [5.74, 6) is 0.950. The van der Waals surface area contributed by atoms with Gasteiger partial charge in [-0.3, -0.25) is 4.21 Å². The van der Waals surface area contributed by atoms with Gasteiger partial charge in [0.15, 0.2) is 0 Å². The molecule has 1 atom stereocenters. The maximum atomic E-state index is 12.1. The van der Waals surface area contributed by atoms with Crippen LogP contribution >= 0.6 is 11.6 Å². The van der Waals surface area contributed by atoms with Crippen molar-refractivity contribution >= 4 is 22.4 Å². The molecule has 0 heterocycles. The predicted molar refractivity (Wildman–Crippen MR) is 78.2 cm³/mol. The Morgan fingerprint density at radius 1 is 1.05 bits per heavy atom. The number of hydrogen-bond donors (Lipinski definition) is 0. The van der Waals surface area contributed by atoms with Crippen LogP contribution in [0.15, 0.2) is 48.5 Å². The van der Waals surface area contributed by atoms with E-state index in [4.69, 9.17) is 16.9 Å². The second-order valence-electron chi connectivity index (χ2n) is 4.17. The number of hydrogen-bond acceptors (Lipinski definition) is 2. The van der Waals surface area contributed by atoms with Crippen molar-refractivity contribution in [1.29, 1.82) is 5.26 Å². The molecule has 0 N–H and O–H groups in total. The molecular weight excluding hydrogens is 278 g/mol. The summed E-state index contributed by atoms with van der Waals surface area (Å²) >= 11 is 5.80. The Labute approximate surface area is 120 Å². The van der Waals surface area contributed by atoms with Gasteiger partial charge in [0.25, 0.3) is 0 Å². The summed E-state index contributed by atoms with van der Waals surface area (Å²) in [5, 5.41) is 9.50. The van der Waals surface area contributed by atoms with E-state index in [0.717, 1.165) is 11.1 Å². The average Bonchev–Trinajstić information content (AvgIpc) is 2.41. The number of rotatable bonds is 4. The van der Waals surface area contributed by atoms with E-state index in [1.165, 1.54) is 0 Å². The molecule has 4 heteroatoms. The van der Waals surface area contributed by atoms with Gasteiger partial charge in [0.2, 0.25) is 0 Å². The van der Waals surface area contributed by atoms with Gasteiger partial charge < -0.3 is 0 Å². The molecule has 96 valence electrons. The smallest absolute Gasteiger partial charge is 0.0991 e. The van der Waals surface area contributed by atoms with Crippen LogP contribution in [0.3, 0.4) is 0 Å². The Bertz CT molecular complexity index is 631. The average molecular weight is 290 g/mol. The summed E-state index contributed by atoms with van der Waals surface area (Å²) < 4.78 is 12.1. The van der Waals surface area contributed by atoms with Crippen LogP contribution in [0.4, 0.5) is 0 Å². The van der Waals surface area contributed by atoms with Gasteiger partial charge in [-0.15, -0.1) is 0 Å². The molecule has 0 aliphatic carbocycles. The molecule has 2 nitrogen and oxygen atoms in total. The van der Waals surface area contributed by atoms with Crippen molar-refractivity contribution in [2.75, 3.05) is 0 Å². The monoisotopic (exact) mass is 289 g/mol. The van der Waals surface area contributed by atoms with E-state index in [1.807, 2.05) is 24.3 Å². The summed E-state index contributed by atoms with van der Waals surface area (Å²) in [5.41, 5.74) is 2.52. The van der Waals surface area contributed by atoms with Crippen LogP contribution in [0.25, 0.3) is 0 Å². The maximum absolute atomic E-state index is 12.1. The zero-order valence-electron chi connectivity index (χ0n) is 10.2. The third-order valence-corrected chi connectivity index (χ3v) is 4.19. The molecule has 0 aliphatic heterocycles. The molecule has 2 rings (SSSR count).